The van der Waals surface area contributed by atoms with Gasteiger partial charge < -0.3 is 15.2 Å². The predicted octanol–water partition coefficient (Wildman–Crippen LogP) is 2.65. The topological polar surface area (TPSA) is 47.1 Å². The molecular weight excluding hydrogens is 236 g/mol. The lowest BCUT2D eigenvalue weighted by atomic mass is 10.2. The van der Waals surface area contributed by atoms with Crippen molar-refractivity contribution in [2.75, 3.05) is 10.6 Å². The van der Waals surface area contributed by atoms with E-state index in [1.165, 1.54) is 18.4 Å². The molecule has 1 saturated carbocycles. The second kappa shape index (κ2) is 4.96. The Balaban J connectivity index is 1.83. The molecule has 1 aromatic heterocycles. The number of aromatic nitrogens is 2. The highest BCUT2D eigenvalue weighted by molar-refractivity contribution is 5.42. The number of anilines is 2. The van der Waals surface area contributed by atoms with Crippen LogP contribution < -0.4 is 10.6 Å². The summed E-state index contributed by atoms with van der Waals surface area (Å²) in [4.78, 5) is 6.94. The van der Waals surface area contributed by atoms with Crippen molar-refractivity contribution in [3.8, 4) is 0 Å². The standard InChI is InChI=1S/C15H20N4/c1-2-18-10-9-17-15(18)19(14-7-8-14)11-12-3-5-13(16)6-4-12/h3-6,9-10,14H,2,7-8,11,16H2,1H3. The zero-order valence-electron chi connectivity index (χ0n) is 11.3. The maximum atomic E-state index is 5.74. The third-order valence-corrected chi connectivity index (χ3v) is 3.61. The van der Waals surface area contributed by atoms with Gasteiger partial charge in [0.25, 0.3) is 0 Å². The summed E-state index contributed by atoms with van der Waals surface area (Å²) in [6, 6.07) is 8.78. The van der Waals surface area contributed by atoms with Gasteiger partial charge in [0.05, 0.1) is 0 Å². The monoisotopic (exact) mass is 256 g/mol. The Kier molecular flexibility index (Phi) is 3.15. The molecule has 0 radical (unpaired) electrons. The van der Waals surface area contributed by atoms with Gasteiger partial charge in [-0.15, -0.1) is 0 Å². The second-order valence-electron chi connectivity index (χ2n) is 5.11. The van der Waals surface area contributed by atoms with Gasteiger partial charge >= 0.3 is 0 Å². The van der Waals surface area contributed by atoms with Gasteiger partial charge in [0.1, 0.15) is 0 Å². The molecule has 1 fully saturated rings. The first-order valence-corrected chi connectivity index (χ1v) is 6.90. The Labute approximate surface area is 113 Å². The van der Waals surface area contributed by atoms with Crippen LogP contribution in [0.15, 0.2) is 36.7 Å². The van der Waals surface area contributed by atoms with Gasteiger partial charge in [-0.2, -0.15) is 0 Å². The number of hydrogen-bond acceptors (Lipinski definition) is 3. The number of nitrogen functional groups attached to an aromatic ring is 1. The molecule has 0 amide bonds. The highest BCUT2D eigenvalue weighted by Gasteiger charge is 2.31. The molecular formula is C15H20N4. The predicted molar refractivity (Wildman–Crippen MR) is 78.0 cm³/mol. The molecule has 1 heterocycles. The van der Waals surface area contributed by atoms with Crippen molar-refractivity contribution in [3.05, 3.63) is 42.2 Å². The largest absolute Gasteiger partial charge is 0.399 e. The van der Waals surface area contributed by atoms with Crippen LogP contribution in [0, 0.1) is 0 Å². The molecule has 0 aliphatic heterocycles. The Morgan fingerprint density at radius 2 is 2.05 bits per heavy atom. The SMILES string of the molecule is CCn1ccnc1N(Cc1ccc(N)cc1)C1CC1. The molecule has 0 bridgehead atoms. The fourth-order valence-corrected chi connectivity index (χ4v) is 2.38. The van der Waals surface area contributed by atoms with Gasteiger partial charge in [0.15, 0.2) is 0 Å². The molecule has 4 heteroatoms. The number of aryl methyl sites for hydroxylation is 1. The van der Waals surface area contributed by atoms with Gasteiger partial charge in [0.2, 0.25) is 5.95 Å². The van der Waals surface area contributed by atoms with Crippen molar-refractivity contribution in [3.63, 3.8) is 0 Å². The summed E-state index contributed by atoms with van der Waals surface area (Å²) in [6.45, 7) is 4.02. The van der Waals surface area contributed by atoms with E-state index in [0.717, 1.165) is 24.7 Å². The smallest absolute Gasteiger partial charge is 0.205 e. The summed E-state index contributed by atoms with van der Waals surface area (Å²) in [5.74, 6) is 1.09. The van der Waals surface area contributed by atoms with E-state index >= 15 is 0 Å². The summed E-state index contributed by atoms with van der Waals surface area (Å²) < 4.78 is 2.20. The van der Waals surface area contributed by atoms with Gasteiger partial charge in [-0.1, -0.05) is 12.1 Å². The van der Waals surface area contributed by atoms with Gasteiger partial charge in [-0.25, -0.2) is 4.98 Å². The molecule has 2 N–H and O–H groups in total. The fraction of sp³-hybridized carbons (Fsp3) is 0.400. The minimum atomic E-state index is 0.644. The first kappa shape index (κ1) is 12.1. The van der Waals surface area contributed by atoms with Crippen LogP contribution in [-0.4, -0.2) is 15.6 Å². The zero-order chi connectivity index (χ0) is 13.2. The molecule has 3 rings (SSSR count). The number of imidazole rings is 1. The maximum Gasteiger partial charge on any atom is 0.205 e. The van der Waals surface area contributed by atoms with E-state index in [4.69, 9.17) is 5.73 Å². The van der Waals surface area contributed by atoms with E-state index in [1.54, 1.807) is 0 Å². The van der Waals surface area contributed by atoms with E-state index in [-0.39, 0.29) is 0 Å². The van der Waals surface area contributed by atoms with E-state index < -0.39 is 0 Å². The lowest BCUT2D eigenvalue weighted by Crippen LogP contribution is -2.28. The summed E-state index contributed by atoms with van der Waals surface area (Å²) in [7, 11) is 0. The Morgan fingerprint density at radius 1 is 1.32 bits per heavy atom. The van der Waals surface area contributed by atoms with E-state index in [1.807, 2.05) is 24.5 Å². The number of nitrogens with two attached hydrogens (primary N) is 1. The molecule has 1 aliphatic rings. The van der Waals surface area contributed by atoms with Crippen molar-refractivity contribution in [1.82, 2.24) is 9.55 Å². The van der Waals surface area contributed by atoms with Crippen LogP contribution in [0.4, 0.5) is 11.6 Å². The van der Waals surface area contributed by atoms with E-state index in [0.29, 0.717) is 6.04 Å². The molecule has 4 nitrogen and oxygen atoms in total. The van der Waals surface area contributed by atoms with Crippen molar-refractivity contribution in [2.45, 2.75) is 38.9 Å². The number of nitrogens with zero attached hydrogens (tertiary/aromatic N) is 3. The first-order valence-electron chi connectivity index (χ1n) is 6.90. The molecule has 100 valence electrons. The van der Waals surface area contributed by atoms with Crippen LogP contribution in [0.2, 0.25) is 0 Å². The van der Waals surface area contributed by atoms with Crippen molar-refractivity contribution < 1.29 is 0 Å². The van der Waals surface area contributed by atoms with E-state index in [2.05, 4.69) is 33.5 Å². The normalized spacial score (nSPS) is 14.6. The van der Waals surface area contributed by atoms with Crippen LogP contribution in [0.3, 0.4) is 0 Å². The van der Waals surface area contributed by atoms with Crippen molar-refractivity contribution >= 4 is 11.6 Å². The summed E-state index contributed by atoms with van der Waals surface area (Å²) in [5, 5.41) is 0. The van der Waals surface area contributed by atoms with Gasteiger partial charge in [-0.05, 0) is 37.5 Å². The highest BCUT2D eigenvalue weighted by atomic mass is 15.3. The average Bonchev–Trinajstić information content (AvgIpc) is 3.15. The van der Waals surface area contributed by atoms with Crippen LogP contribution in [0.5, 0.6) is 0 Å². The van der Waals surface area contributed by atoms with E-state index in [9.17, 15) is 0 Å². The Bertz CT molecular complexity index is 540. The lowest BCUT2D eigenvalue weighted by molar-refractivity contribution is 0.685. The molecule has 0 saturated heterocycles. The fourth-order valence-electron chi connectivity index (χ4n) is 2.38. The van der Waals surface area contributed by atoms with Crippen molar-refractivity contribution in [2.24, 2.45) is 0 Å². The van der Waals surface area contributed by atoms with Crippen LogP contribution >= 0.6 is 0 Å². The number of rotatable bonds is 5. The third kappa shape index (κ3) is 2.57. The summed E-state index contributed by atoms with van der Waals surface area (Å²) >= 11 is 0. The molecule has 0 atom stereocenters. The third-order valence-electron chi connectivity index (χ3n) is 3.61. The summed E-state index contributed by atoms with van der Waals surface area (Å²) in [6.07, 6.45) is 6.47. The van der Waals surface area contributed by atoms with Crippen LogP contribution in [-0.2, 0) is 13.1 Å². The maximum absolute atomic E-state index is 5.74. The van der Waals surface area contributed by atoms with Crippen LogP contribution in [0.25, 0.3) is 0 Å². The van der Waals surface area contributed by atoms with Gasteiger partial charge in [-0.3, -0.25) is 0 Å². The quantitative estimate of drug-likeness (QED) is 0.837. The second-order valence-corrected chi connectivity index (χ2v) is 5.11. The molecule has 1 aromatic carbocycles. The summed E-state index contributed by atoms with van der Waals surface area (Å²) in [5.41, 5.74) is 7.84. The minimum Gasteiger partial charge on any atom is -0.399 e. The Morgan fingerprint density at radius 3 is 2.68 bits per heavy atom. The van der Waals surface area contributed by atoms with Crippen molar-refractivity contribution in [1.29, 1.82) is 0 Å². The lowest BCUT2D eigenvalue weighted by Gasteiger charge is -2.24. The van der Waals surface area contributed by atoms with Crippen LogP contribution in [0.1, 0.15) is 25.3 Å². The minimum absolute atomic E-state index is 0.644. The zero-order valence-corrected chi connectivity index (χ0v) is 11.3. The first-order chi connectivity index (χ1) is 9.28. The number of hydrogen-bond donors (Lipinski definition) is 1. The highest BCUT2D eigenvalue weighted by Crippen LogP contribution is 2.32. The molecule has 2 aromatic rings. The average molecular weight is 256 g/mol. The molecule has 1 aliphatic carbocycles. The Hall–Kier alpha value is -1.97. The molecule has 0 unspecified atom stereocenters. The molecule has 19 heavy (non-hydrogen) atoms. The van der Waals surface area contributed by atoms with Gasteiger partial charge in [0, 0.05) is 37.2 Å². The molecule has 0 spiro atoms. The number of benzene rings is 1.